The van der Waals surface area contributed by atoms with E-state index in [9.17, 15) is 0 Å². The van der Waals surface area contributed by atoms with Crippen molar-refractivity contribution in [2.45, 2.75) is 32.4 Å². The molecule has 3 unspecified atom stereocenters. The molecule has 1 heterocycles. The van der Waals surface area contributed by atoms with Crippen LogP contribution in [0.5, 0.6) is 0 Å². The highest BCUT2D eigenvalue weighted by molar-refractivity contribution is 6.31. The fraction of sp³-hybridized carbons (Fsp3) is 0.571. The molecular formula is C14H22Cl2N2. The average molecular weight is 289 g/mol. The van der Waals surface area contributed by atoms with Crippen molar-refractivity contribution >= 4 is 24.0 Å². The highest BCUT2D eigenvalue weighted by Crippen LogP contribution is 2.34. The lowest BCUT2D eigenvalue weighted by Gasteiger charge is -2.29. The molecule has 0 amide bonds. The van der Waals surface area contributed by atoms with Gasteiger partial charge in [-0.25, -0.2) is 0 Å². The van der Waals surface area contributed by atoms with Crippen LogP contribution >= 0.6 is 24.0 Å². The third kappa shape index (κ3) is 3.18. The molecule has 18 heavy (non-hydrogen) atoms. The topological polar surface area (TPSA) is 29.3 Å². The van der Waals surface area contributed by atoms with Crippen LogP contribution in [0.25, 0.3) is 0 Å². The third-order valence-corrected chi connectivity index (χ3v) is 4.24. The number of halogens is 2. The van der Waals surface area contributed by atoms with Gasteiger partial charge in [0.2, 0.25) is 0 Å². The van der Waals surface area contributed by atoms with Crippen molar-refractivity contribution in [2.24, 2.45) is 11.7 Å². The van der Waals surface area contributed by atoms with Crippen LogP contribution in [0.2, 0.25) is 5.02 Å². The largest absolute Gasteiger partial charge is 0.330 e. The van der Waals surface area contributed by atoms with Crippen LogP contribution < -0.4 is 5.73 Å². The number of nitrogens with two attached hydrogens (primary N) is 1. The van der Waals surface area contributed by atoms with Crippen molar-refractivity contribution in [1.29, 1.82) is 0 Å². The molecule has 0 radical (unpaired) electrons. The lowest BCUT2D eigenvalue weighted by molar-refractivity contribution is 0.201. The highest BCUT2D eigenvalue weighted by Gasteiger charge is 2.32. The number of hydrogen-bond acceptors (Lipinski definition) is 2. The molecule has 2 nitrogen and oxygen atoms in total. The summed E-state index contributed by atoms with van der Waals surface area (Å²) in [6, 6.07) is 9.09. The second-order valence-electron chi connectivity index (χ2n) is 5.08. The number of nitrogens with zero attached hydrogens (tertiary/aromatic N) is 1. The van der Waals surface area contributed by atoms with E-state index in [2.05, 4.69) is 30.9 Å². The van der Waals surface area contributed by atoms with Crippen molar-refractivity contribution in [1.82, 2.24) is 4.90 Å². The quantitative estimate of drug-likeness (QED) is 0.923. The number of likely N-dealkylation sites (tertiary alicyclic amines) is 1. The van der Waals surface area contributed by atoms with Gasteiger partial charge in [0, 0.05) is 23.7 Å². The molecule has 0 spiro atoms. The zero-order valence-electron chi connectivity index (χ0n) is 11.0. The van der Waals surface area contributed by atoms with Gasteiger partial charge in [-0.3, -0.25) is 4.90 Å². The first-order valence-electron chi connectivity index (χ1n) is 6.33. The summed E-state index contributed by atoms with van der Waals surface area (Å²) in [4.78, 5) is 2.51. The summed E-state index contributed by atoms with van der Waals surface area (Å²) in [5.74, 6) is 0.634. The first kappa shape index (κ1) is 15.8. The van der Waals surface area contributed by atoms with Crippen LogP contribution in [-0.4, -0.2) is 24.0 Å². The fourth-order valence-corrected chi connectivity index (χ4v) is 3.17. The van der Waals surface area contributed by atoms with E-state index in [1.165, 1.54) is 12.0 Å². The first-order valence-corrected chi connectivity index (χ1v) is 6.71. The molecule has 0 saturated carbocycles. The van der Waals surface area contributed by atoms with E-state index in [0.717, 1.165) is 18.1 Å². The van der Waals surface area contributed by atoms with Gasteiger partial charge < -0.3 is 5.73 Å². The third-order valence-electron chi connectivity index (χ3n) is 3.90. The molecule has 0 bridgehead atoms. The Kier molecular flexibility index (Phi) is 5.93. The Hall–Kier alpha value is -0.280. The van der Waals surface area contributed by atoms with Gasteiger partial charge in [-0.1, -0.05) is 29.8 Å². The molecule has 1 aliphatic heterocycles. The van der Waals surface area contributed by atoms with Gasteiger partial charge in [0.15, 0.2) is 0 Å². The summed E-state index contributed by atoms with van der Waals surface area (Å²) in [6.07, 6.45) is 1.20. The number of benzene rings is 1. The van der Waals surface area contributed by atoms with Crippen LogP contribution in [0.1, 0.15) is 31.9 Å². The zero-order valence-corrected chi connectivity index (χ0v) is 12.5. The van der Waals surface area contributed by atoms with Gasteiger partial charge in [0.1, 0.15) is 0 Å². The smallest absolute Gasteiger partial charge is 0.0453 e. The van der Waals surface area contributed by atoms with E-state index in [4.69, 9.17) is 17.3 Å². The monoisotopic (exact) mass is 288 g/mol. The van der Waals surface area contributed by atoms with E-state index in [1.807, 2.05) is 12.1 Å². The van der Waals surface area contributed by atoms with Crippen molar-refractivity contribution in [3.05, 3.63) is 34.9 Å². The number of rotatable bonds is 3. The van der Waals surface area contributed by atoms with Gasteiger partial charge in [-0.05, 0) is 44.4 Å². The summed E-state index contributed by atoms with van der Waals surface area (Å²) in [5.41, 5.74) is 7.00. The molecule has 1 fully saturated rings. The van der Waals surface area contributed by atoms with Crippen molar-refractivity contribution in [3.63, 3.8) is 0 Å². The molecule has 2 N–H and O–H groups in total. The maximum absolute atomic E-state index is 6.26. The standard InChI is InChI=1S/C14H21ClN2.ClH/c1-10-7-12(8-16)9-17(10)11(2)13-5-3-4-6-14(13)15;/h3-6,10-12H,7-9,16H2,1-2H3;1H. The van der Waals surface area contributed by atoms with Crippen LogP contribution in [0, 0.1) is 5.92 Å². The normalized spacial score (nSPS) is 25.8. The summed E-state index contributed by atoms with van der Waals surface area (Å²) >= 11 is 6.26. The van der Waals surface area contributed by atoms with Crippen molar-refractivity contribution in [3.8, 4) is 0 Å². The Balaban J connectivity index is 0.00000162. The Morgan fingerprint density at radius 3 is 2.67 bits per heavy atom. The maximum atomic E-state index is 6.26. The second-order valence-corrected chi connectivity index (χ2v) is 5.49. The van der Waals surface area contributed by atoms with Crippen LogP contribution in [0.15, 0.2) is 24.3 Å². The molecule has 0 aromatic heterocycles. The summed E-state index contributed by atoms with van der Waals surface area (Å²) < 4.78 is 0. The Morgan fingerprint density at radius 2 is 2.11 bits per heavy atom. The molecule has 2 rings (SSSR count). The second kappa shape index (κ2) is 6.76. The predicted octanol–water partition coefficient (Wildman–Crippen LogP) is 3.49. The summed E-state index contributed by atoms with van der Waals surface area (Å²) in [6.45, 7) is 6.39. The predicted molar refractivity (Wildman–Crippen MR) is 80.4 cm³/mol. The van der Waals surface area contributed by atoms with Crippen molar-refractivity contribution < 1.29 is 0 Å². The van der Waals surface area contributed by atoms with Gasteiger partial charge in [0.05, 0.1) is 0 Å². The summed E-state index contributed by atoms with van der Waals surface area (Å²) in [5, 5.41) is 0.864. The lowest BCUT2D eigenvalue weighted by Crippen LogP contribution is -2.31. The Bertz CT molecular complexity index is 384. The van der Waals surface area contributed by atoms with E-state index < -0.39 is 0 Å². The minimum Gasteiger partial charge on any atom is -0.330 e. The molecule has 102 valence electrons. The minimum absolute atomic E-state index is 0. The fourth-order valence-electron chi connectivity index (χ4n) is 2.87. The van der Waals surface area contributed by atoms with Gasteiger partial charge in [-0.2, -0.15) is 0 Å². The summed E-state index contributed by atoms with van der Waals surface area (Å²) in [7, 11) is 0. The number of hydrogen-bond donors (Lipinski definition) is 1. The Morgan fingerprint density at radius 1 is 1.44 bits per heavy atom. The van der Waals surface area contributed by atoms with E-state index in [1.54, 1.807) is 0 Å². The van der Waals surface area contributed by atoms with E-state index in [0.29, 0.717) is 18.0 Å². The van der Waals surface area contributed by atoms with Gasteiger partial charge >= 0.3 is 0 Å². The molecule has 1 saturated heterocycles. The van der Waals surface area contributed by atoms with Crippen LogP contribution in [-0.2, 0) is 0 Å². The highest BCUT2D eigenvalue weighted by atomic mass is 35.5. The van der Waals surface area contributed by atoms with Gasteiger partial charge in [0.25, 0.3) is 0 Å². The van der Waals surface area contributed by atoms with E-state index >= 15 is 0 Å². The first-order chi connectivity index (χ1) is 8.13. The molecule has 1 aliphatic rings. The molecule has 1 aromatic carbocycles. The molecular weight excluding hydrogens is 267 g/mol. The van der Waals surface area contributed by atoms with Crippen LogP contribution in [0.4, 0.5) is 0 Å². The minimum atomic E-state index is 0. The zero-order chi connectivity index (χ0) is 12.4. The van der Waals surface area contributed by atoms with Crippen molar-refractivity contribution in [2.75, 3.05) is 13.1 Å². The SMILES string of the molecule is CC1CC(CN)CN1C(C)c1ccccc1Cl.Cl. The molecule has 4 heteroatoms. The Labute approximate surface area is 121 Å². The van der Waals surface area contributed by atoms with E-state index in [-0.39, 0.29) is 12.4 Å². The molecule has 0 aliphatic carbocycles. The molecule has 1 aromatic rings. The maximum Gasteiger partial charge on any atom is 0.0453 e. The lowest BCUT2D eigenvalue weighted by atomic mass is 10.1. The van der Waals surface area contributed by atoms with Gasteiger partial charge in [-0.15, -0.1) is 12.4 Å². The molecule has 3 atom stereocenters. The van der Waals surface area contributed by atoms with Crippen LogP contribution in [0.3, 0.4) is 0 Å². The average Bonchev–Trinajstić information content (AvgIpc) is 2.70.